The first kappa shape index (κ1) is 8.87. The molecule has 2 rings (SSSR count). The Kier molecular flexibility index (Phi) is 1.84. The summed E-state index contributed by atoms with van der Waals surface area (Å²) in [6.45, 7) is 1.70. The second kappa shape index (κ2) is 2.90. The van der Waals surface area contributed by atoms with Crippen LogP contribution in [-0.2, 0) is 19.7 Å². The van der Waals surface area contributed by atoms with Crippen molar-refractivity contribution >= 4 is 11.9 Å². The van der Waals surface area contributed by atoms with E-state index in [0.717, 1.165) is 5.56 Å². The summed E-state index contributed by atoms with van der Waals surface area (Å²) < 4.78 is 4.53. The third-order valence-corrected chi connectivity index (χ3v) is 2.47. The molecule has 2 heterocycles. The van der Waals surface area contributed by atoms with Crippen LogP contribution < -0.4 is 0 Å². The first-order chi connectivity index (χ1) is 6.63. The Bertz CT molecular complexity index is 388. The molecule has 1 saturated heterocycles. The molecule has 0 N–H and O–H groups in total. The van der Waals surface area contributed by atoms with Gasteiger partial charge in [0, 0.05) is 12.4 Å². The second-order valence-corrected chi connectivity index (χ2v) is 3.51. The SMILES string of the molecule is CC1(c2ccncc2)CC(=O)OC1=O. The third-order valence-electron chi connectivity index (χ3n) is 2.47. The first-order valence-electron chi connectivity index (χ1n) is 4.28. The molecule has 72 valence electrons. The van der Waals surface area contributed by atoms with Crippen molar-refractivity contribution < 1.29 is 14.3 Å². The summed E-state index contributed by atoms with van der Waals surface area (Å²) in [5.74, 6) is -0.942. The van der Waals surface area contributed by atoms with Gasteiger partial charge in [0.05, 0.1) is 6.42 Å². The number of pyridine rings is 1. The number of rotatable bonds is 1. The average Bonchev–Trinajstić information content (AvgIpc) is 2.43. The van der Waals surface area contributed by atoms with Gasteiger partial charge >= 0.3 is 11.9 Å². The molecule has 1 fully saturated rings. The van der Waals surface area contributed by atoms with Crippen LogP contribution in [0.25, 0.3) is 0 Å². The molecule has 1 unspecified atom stereocenters. The number of cyclic esters (lactones) is 2. The highest BCUT2D eigenvalue weighted by atomic mass is 16.6. The lowest BCUT2D eigenvalue weighted by atomic mass is 9.82. The summed E-state index contributed by atoms with van der Waals surface area (Å²) >= 11 is 0. The second-order valence-electron chi connectivity index (χ2n) is 3.51. The zero-order valence-corrected chi connectivity index (χ0v) is 7.69. The normalized spacial score (nSPS) is 26.4. The van der Waals surface area contributed by atoms with Gasteiger partial charge in [0.2, 0.25) is 0 Å². The van der Waals surface area contributed by atoms with E-state index in [2.05, 4.69) is 9.72 Å². The van der Waals surface area contributed by atoms with Gasteiger partial charge in [-0.25, -0.2) is 0 Å². The highest BCUT2D eigenvalue weighted by Gasteiger charge is 2.46. The number of hydrogen-bond acceptors (Lipinski definition) is 4. The zero-order chi connectivity index (χ0) is 10.2. The predicted molar refractivity (Wildman–Crippen MR) is 47.3 cm³/mol. The van der Waals surface area contributed by atoms with E-state index < -0.39 is 17.4 Å². The van der Waals surface area contributed by atoms with E-state index >= 15 is 0 Å². The van der Waals surface area contributed by atoms with Crippen LogP contribution >= 0.6 is 0 Å². The molecule has 1 aromatic rings. The van der Waals surface area contributed by atoms with Gasteiger partial charge < -0.3 is 4.74 Å². The van der Waals surface area contributed by atoms with Crippen molar-refractivity contribution in [3.8, 4) is 0 Å². The molecule has 1 aliphatic heterocycles. The Morgan fingerprint density at radius 3 is 2.50 bits per heavy atom. The van der Waals surface area contributed by atoms with E-state index in [9.17, 15) is 9.59 Å². The Balaban J connectivity index is 2.43. The zero-order valence-electron chi connectivity index (χ0n) is 7.69. The quantitative estimate of drug-likeness (QED) is 0.487. The minimum atomic E-state index is -0.833. The van der Waals surface area contributed by atoms with Gasteiger partial charge in [0.25, 0.3) is 0 Å². The van der Waals surface area contributed by atoms with Crippen LogP contribution in [0.15, 0.2) is 24.5 Å². The predicted octanol–water partition coefficient (Wildman–Crippen LogP) is 0.813. The molecule has 1 atom stereocenters. The van der Waals surface area contributed by atoms with Gasteiger partial charge in [-0.3, -0.25) is 14.6 Å². The summed E-state index contributed by atoms with van der Waals surface area (Å²) in [6, 6.07) is 3.44. The molecule has 4 heteroatoms. The van der Waals surface area contributed by atoms with E-state index in [1.165, 1.54) is 0 Å². The number of nitrogens with zero attached hydrogens (tertiary/aromatic N) is 1. The molecule has 0 bridgehead atoms. The molecule has 0 radical (unpaired) electrons. The largest absolute Gasteiger partial charge is 0.392 e. The number of ether oxygens (including phenoxy) is 1. The third kappa shape index (κ3) is 1.19. The smallest absolute Gasteiger partial charge is 0.324 e. The van der Waals surface area contributed by atoms with Gasteiger partial charge in [-0.05, 0) is 24.6 Å². The summed E-state index contributed by atoms with van der Waals surface area (Å²) in [7, 11) is 0. The highest BCUT2D eigenvalue weighted by Crippen LogP contribution is 2.33. The molecule has 0 spiro atoms. The van der Waals surface area contributed by atoms with Crippen molar-refractivity contribution in [3.05, 3.63) is 30.1 Å². The van der Waals surface area contributed by atoms with Crippen LogP contribution in [0.1, 0.15) is 18.9 Å². The van der Waals surface area contributed by atoms with Crippen LogP contribution in [0.3, 0.4) is 0 Å². The lowest BCUT2D eigenvalue weighted by molar-refractivity contribution is -0.153. The molecule has 0 aliphatic carbocycles. The van der Waals surface area contributed by atoms with Crippen molar-refractivity contribution in [2.24, 2.45) is 0 Å². The summed E-state index contributed by atoms with van der Waals surface area (Å²) in [6.07, 6.45) is 3.29. The van der Waals surface area contributed by atoms with E-state index in [1.807, 2.05) is 0 Å². The lowest BCUT2D eigenvalue weighted by Gasteiger charge is -2.17. The van der Waals surface area contributed by atoms with Crippen LogP contribution in [0.4, 0.5) is 0 Å². The van der Waals surface area contributed by atoms with Crippen molar-refractivity contribution in [2.75, 3.05) is 0 Å². The molecular formula is C10H9NO3. The fraction of sp³-hybridized carbons (Fsp3) is 0.300. The first-order valence-corrected chi connectivity index (χ1v) is 4.28. The van der Waals surface area contributed by atoms with Crippen molar-refractivity contribution in [3.63, 3.8) is 0 Å². The van der Waals surface area contributed by atoms with Crippen molar-refractivity contribution in [1.29, 1.82) is 0 Å². The Labute approximate surface area is 80.9 Å². The molecule has 1 aliphatic rings. The Hall–Kier alpha value is -1.71. The Morgan fingerprint density at radius 1 is 1.36 bits per heavy atom. The maximum Gasteiger partial charge on any atom is 0.324 e. The Morgan fingerprint density at radius 2 is 2.00 bits per heavy atom. The van der Waals surface area contributed by atoms with Gasteiger partial charge in [-0.15, -0.1) is 0 Å². The standard InChI is InChI=1S/C10H9NO3/c1-10(6-8(12)14-9(10)13)7-2-4-11-5-3-7/h2-5H,6H2,1H3. The number of carbonyl (C=O) groups is 2. The minimum absolute atomic E-state index is 0.107. The lowest BCUT2D eigenvalue weighted by Crippen LogP contribution is -2.27. The molecule has 1 aromatic heterocycles. The maximum absolute atomic E-state index is 11.4. The maximum atomic E-state index is 11.4. The number of esters is 2. The molecule has 14 heavy (non-hydrogen) atoms. The highest BCUT2D eigenvalue weighted by molar-refractivity contribution is 6.00. The molecule has 4 nitrogen and oxygen atoms in total. The summed E-state index contributed by atoms with van der Waals surface area (Å²) in [5, 5.41) is 0. The fourth-order valence-corrected chi connectivity index (χ4v) is 1.55. The summed E-state index contributed by atoms with van der Waals surface area (Å²) in [4.78, 5) is 26.3. The van der Waals surface area contributed by atoms with Crippen LogP contribution in [0.5, 0.6) is 0 Å². The van der Waals surface area contributed by atoms with Gasteiger partial charge in [0.15, 0.2) is 0 Å². The topological polar surface area (TPSA) is 56.3 Å². The molecular weight excluding hydrogens is 182 g/mol. The minimum Gasteiger partial charge on any atom is -0.392 e. The van der Waals surface area contributed by atoms with Crippen molar-refractivity contribution in [2.45, 2.75) is 18.8 Å². The van der Waals surface area contributed by atoms with Crippen LogP contribution in [0, 0.1) is 0 Å². The van der Waals surface area contributed by atoms with E-state index in [0.29, 0.717) is 0 Å². The number of aromatic nitrogens is 1. The average molecular weight is 191 g/mol. The van der Waals surface area contributed by atoms with Crippen LogP contribution in [0.2, 0.25) is 0 Å². The van der Waals surface area contributed by atoms with Crippen LogP contribution in [-0.4, -0.2) is 16.9 Å². The van der Waals surface area contributed by atoms with E-state index in [4.69, 9.17) is 0 Å². The van der Waals surface area contributed by atoms with Crippen molar-refractivity contribution in [1.82, 2.24) is 4.98 Å². The molecule has 0 aromatic carbocycles. The van der Waals surface area contributed by atoms with Gasteiger partial charge in [-0.2, -0.15) is 0 Å². The van der Waals surface area contributed by atoms with E-state index in [1.54, 1.807) is 31.5 Å². The molecule has 0 amide bonds. The fourth-order valence-electron chi connectivity index (χ4n) is 1.55. The van der Waals surface area contributed by atoms with Gasteiger partial charge in [-0.1, -0.05) is 0 Å². The molecule has 0 saturated carbocycles. The summed E-state index contributed by atoms with van der Waals surface area (Å²) in [5.41, 5.74) is -0.0663. The monoisotopic (exact) mass is 191 g/mol. The van der Waals surface area contributed by atoms with Gasteiger partial charge in [0.1, 0.15) is 5.41 Å². The van der Waals surface area contributed by atoms with E-state index in [-0.39, 0.29) is 6.42 Å². The number of hydrogen-bond donors (Lipinski definition) is 0. The number of carbonyl (C=O) groups excluding carboxylic acids is 2.